The number of fused-ring (bicyclic) bond motifs is 2. The molecule has 3 saturated heterocycles. The number of benzene rings is 3. The number of nitrogens with one attached hydrogen (secondary N) is 2. The Morgan fingerprint density at radius 2 is 1.70 bits per heavy atom. The number of thiophene rings is 1. The van der Waals surface area contributed by atoms with Crippen LogP contribution in [0.3, 0.4) is 0 Å². The van der Waals surface area contributed by atoms with Gasteiger partial charge in [0.25, 0.3) is 5.91 Å². The van der Waals surface area contributed by atoms with Crippen molar-refractivity contribution < 1.29 is 41.8 Å². The number of halogens is 2. The molecule has 3 aromatic carbocycles. The summed E-state index contributed by atoms with van der Waals surface area (Å²) in [6.07, 6.45) is 6.66. The Balaban J connectivity index is 0.962. The molecule has 0 bridgehead atoms. The summed E-state index contributed by atoms with van der Waals surface area (Å²) in [5, 5.41) is 5.44. The minimum absolute atomic E-state index is 0.0795. The van der Waals surface area contributed by atoms with Gasteiger partial charge in [-0.05, 0) is 104 Å². The number of para-hydroxylation sites is 1. The van der Waals surface area contributed by atoms with Crippen LogP contribution in [0.4, 0.5) is 8.78 Å². The highest BCUT2D eigenvalue weighted by molar-refractivity contribution is 7.58. The van der Waals surface area contributed by atoms with Crippen LogP contribution in [0.2, 0.25) is 0 Å². The van der Waals surface area contributed by atoms with E-state index in [0.29, 0.717) is 49.0 Å². The van der Waals surface area contributed by atoms with Gasteiger partial charge in [0, 0.05) is 47.7 Å². The van der Waals surface area contributed by atoms with Gasteiger partial charge in [-0.15, -0.1) is 11.3 Å². The van der Waals surface area contributed by atoms with Crippen LogP contribution in [0.1, 0.15) is 76.9 Å². The Morgan fingerprint density at radius 3 is 2.44 bits per heavy atom. The van der Waals surface area contributed by atoms with Crippen LogP contribution < -0.4 is 14.9 Å². The lowest BCUT2D eigenvalue weighted by Gasteiger charge is -2.43. The Bertz CT molecular complexity index is 2480. The maximum absolute atomic E-state index is 16.7. The van der Waals surface area contributed by atoms with Crippen LogP contribution in [-0.4, -0.2) is 75.7 Å². The number of likely N-dealkylation sites (tertiary alicyclic amines) is 1. The second-order valence-electron chi connectivity index (χ2n) is 15.9. The van der Waals surface area contributed by atoms with E-state index in [2.05, 4.69) is 15.4 Å². The monoisotopic (exact) mass is 869 g/mol. The number of aromatic nitrogens is 1. The van der Waals surface area contributed by atoms with E-state index in [0.717, 1.165) is 41.0 Å². The van der Waals surface area contributed by atoms with Crippen LogP contribution in [-0.2, 0) is 36.0 Å². The number of hydrogen-bond donors (Lipinski definition) is 2. The second-order valence-corrected chi connectivity index (χ2v) is 19.1. The largest absolute Gasteiger partial charge is 0.460 e. The van der Waals surface area contributed by atoms with Crippen molar-refractivity contribution in [2.24, 2.45) is 0 Å². The Labute approximate surface area is 356 Å². The molecule has 2 N–H and O–H groups in total. The van der Waals surface area contributed by atoms with Crippen LogP contribution in [0.15, 0.2) is 103 Å². The molecule has 0 aliphatic carbocycles. The van der Waals surface area contributed by atoms with Gasteiger partial charge in [0.2, 0.25) is 11.8 Å². The van der Waals surface area contributed by atoms with Crippen molar-refractivity contribution in [2.45, 2.75) is 88.3 Å². The van der Waals surface area contributed by atoms with Crippen LogP contribution in [0.25, 0.3) is 10.1 Å². The summed E-state index contributed by atoms with van der Waals surface area (Å²) in [5.74, 6) is -1.74. The highest BCUT2D eigenvalue weighted by atomic mass is 32.1. The molecule has 5 heterocycles. The number of hydrogen-bond acceptors (Lipinski definition) is 9. The summed E-state index contributed by atoms with van der Waals surface area (Å²) in [4.78, 5) is 62.6. The van der Waals surface area contributed by atoms with Gasteiger partial charge in [-0.2, -0.15) is 8.78 Å². The minimum atomic E-state index is -5.27. The van der Waals surface area contributed by atoms with Gasteiger partial charge in [-0.1, -0.05) is 54.6 Å². The van der Waals surface area contributed by atoms with Gasteiger partial charge in [0.05, 0.1) is 4.88 Å². The summed E-state index contributed by atoms with van der Waals surface area (Å²) in [5.41, 5.74) is -1.90. The third-order valence-corrected chi connectivity index (χ3v) is 15.1. The van der Waals surface area contributed by atoms with E-state index >= 15 is 8.78 Å². The highest BCUT2D eigenvalue weighted by Crippen LogP contribution is 2.63. The van der Waals surface area contributed by atoms with Crippen molar-refractivity contribution in [2.75, 3.05) is 13.1 Å². The maximum atomic E-state index is 16.7. The highest BCUT2D eigenvalue weighted by Gasteiger charge is 2.56. The van der Waals surface area contributed by atoms with Crippen molar-refractivity contribution in [3.8, 4) is 5.75 Å². The lowest BCUT2D eigenvalue weighted by atomic mass is 9.89. The molecule has 5 aromatic rings. The lowest BCUT2D eigenvalue weighted by molar-refractivity contribution is -0.148. The molecular formula is C45H46F2N5O7PS. The summed E-state index contributed by atoms with van der Waals surface area (Å²) >= 11 is 1.06. The molecule has 0 saturated carbocycles. The van der Waals surface area contributed by atoms with Crippen molar-refractivity contribution in [3.63, 3.8) is 0 Å². The fourth-order valence-electron chi connectivity index (χ4n) is 8.40. The number of pyridine rings is 1. The molecule has 318 valence electrons. The smallest absolute Gasteiger partial charge is 0.390 e. The molecule has 8 rings (SSSR count). The Kier molecular flexibility index (Phi) is 12.1. The third kappa shape index (κ3) is 8.69. The fourth-order valence-corrected chi connectivity index (χ4v) is 11.2. The standard InChI is InChI=1S/C45H46F2N5O7PS/c1-28-20-21-48-24-36(28)32-25-51(26-32)43(55)38-18-17-34-12-9-15-37(42(54)52(34)38)49-41(53)40-23-31-22-33(16-19-39(31)61-40)45(46,47)60(57,59-35-13-7-4-8-14-35)50-29(2)44(56)58-27-30-10-5-3-6-11-30/h3-8,10-11,13-14,16,19-24,29,32,34,37-38H,9,12,15,17-18,25-27H2,1-2H3,(H,49,53)(H,50,57)/t29-,34-,37?,38-,60?/m0/s1. The zero-order chi connectivity index (χ0) is 42.9. The van der Waals surface area contributed by atoms with Gasteiger partial charge in [-0.25, -0.2) is 5.09 Å². The summed E-state index contributed by atoms with van der Waals surface area (Å²) < 4.78 is 59.1. The first-order valence-electron chi connectivity index (χ1n) is 20.4. The fraction of sp³-hybridized carbons (Fsp3) is 0.356. The molecule has 16 heteroatoms. The quantitative estimate of drug-likeness (QED) is 0.0890. The van der Waals surface area contributed by atoms with Gasteiger partial charge < -0.3 is 24.4 Å². The van der Waals surface area contributed by atoms with Crippen molar-refractivity contribution in [1.29, 1.82) is 0 Å². The summed E-state index contributed by atoms with van der Waals surface area (Å²) in [6, 6.07) is 20.3. The van der Waals surface area contributed by atoms with Gasteiger partial charge >= 0.3 is 19.2 Å². The number of aryl methyl sites for hydroxylation is 1. The molecule has 3 aliphatic heterocycles. The topological polar surface area (TPSA) is 147 Å². The zero-order valence-corrected chi connectivity index (χ0v) is 35.4. The van der Waals surface area contributed by atoms with E-state index in [-0.39, 0.29) is 46.4 Å². The molecule has 5 atom stereocenters. The second kappa shape index (κ2) is 17.5. The number of amides is 3. The first kappa shape index (κ1) is 42.2. The molecule has 2 unspecified atom stereocenters. The molecule has 0 spiro atoms. The number of carbonyl (C=O) groups is 4. The average molecular weight is 870 g/mol. The molecule has 0 radical (unpaired) electrons. The molecular weight excluding hydrogens is 824 g/mol. The van der Waals surface area contributed by atoms with Crippen molar-refractivity contribution in [1.82, 2.24) is 25.2 Å². The first-order valence-corrected chi connectivity index (χ1v) is 22.8. The number of ether oxygens (including phenoxy) is 1. The normalized spacial score (nSPS) is 20.9. The summed E-state index contributed by atoms with van der Waals surface area (Å²) in [7, 11) is -5.27. The number of nitrogens with zero attached hydrogens (tertiary/aromatic N) is 3. The van der Waals surface area contributed by atoms with E-state index in [1.165, 1.54) is 43.3 Å². The van der Waals surface area contributed by atoms with Crippen molar-refractivity contribution in [3.05, 3.63) is 131 Å². The van der Waals surface area contributed by atoms with Gasteiger partial charge in [-0.3, -0.25) is 28.7 Å². The number of carbonyl (C=O) groups excluding carboxylic acids is 4. The lowest BCUT2D eigenvalue weighted by Crippen LogP contribution is -2.58. The van der Waals surface area contributed by atoms with E-state index in [1.807, 2.05) is 19.2 Å². The molecule has 12 nitrogen and oxygen atoms in total. The van der Waals surface area contributed by atoms with E-state index < -0.39 is 48.7 Å². The predicted molar refractivity (Wildman–Crippen MR) is 226 cm³/mol. The zero-order valence-electron chi connectivity index (χ0n) is 33.7. The summed E-state index contributed by atoms with van der Waals surface area (Å²) in [6.45, 7) is 4.30. The average Bonchev–Trinajstić information content (AvgIpc) is 3.84. The number of rotatable bonds is 13. The van der Waals surface area contributed by atoms with Crippen molar-refractivity contribution >= 4 is 52.6 Å². The predicted octanol–water partition coefficient (Wildman–Crippen LogP) is 7.92. The third-order valence-electron chi connectivity index (χ3n) is 11.8. The van der Waals surface area contributed by atoms with Gasteiger partial charge in [0.15, 0.2) is 0 Å². The van der Waals surface area contributed by atoms with Crippen LogP contribution in [0, 0.1) is 6.92 Å². The Morgan fingerprint density at radius 1 is 0.967 bits per heavy atom. The minimum Gasteiger partial charge on any atom is -0.460 e. The Hall–Kier alpha value is -5.50. The van der Waals surface area contributed by atoms with E-state index in [4.69, 9.17) is 9.26 Å². The molecule has 3 fully saturated rings. The molecule has 2 aromatic heterocycles. The van der Waals surface area contributed by atoms with E-state index in [1.54, 1.807) is 52.4 Å². The maximum Gasteiger partial charge on any atom is 0.390 e. The SMILES string of the molecule is Cc1ccncc1C1CN(C(=O)[C@@H]2CC[C@@H]3CCCC(NC(=O)c4cc5cc(C(F)(F)P(=O)(N[C@@H](C)C(=O)OCc6ccccc6)Oc6ccccc6)ccc5s4)C(=O)N32)C1. The first-order chi connectivity index (χ1) is 29.3. The number of alkyl halides is 2. The van der Waals surface area contributed by atoms with Crippen LogP contribution >= 0.6 is 18.9 Å². The van der Waals surface area contributed by atoms with Gasteiger partial charge in [0.1, 0.15) is 30.5 Å². The van der Waals surface area contributed by atoms with Crippen LogP contribution in [0.5, 0.6) is 5.75 Å². The molecule has 3 aliphatic rings. The van der Waals surface area contributed by atoms with E-state index in [9.17, 15) is 23.7 Å². The molecule has 3 amide bonds. The number of esters is 1. The molecule has 61 heavy (non-hydrogen) atoms.